The summed E-state index contributed by atoms with van der Waals surface area (Å²) >= 11 is 5.65. The Kier molecular flexibility index (Phi) is 3.06. The normalized spacial score (nSPS) is 15.0. The molecule has 1 aromatic carbocycles. The lowest BCUT2D eigenvalue weighted by molar-refractivity contribution is 0.625. The Morgan fingerprint density at radius 2 is 2.22 bits per heavy atom. The van der Waals surface area contributed by atoms with Gasteiger partial charge < -0.3 is 5.32 Å². The van der Waals surface area contributed by atoms with Crippen LogP contribution in [-0.2, 0) is 6.54 Å². The van der Waals surface area contributed by atoms with Crippen LogP contribution >= 0.6 is 11.6 Å². The van der Waals surface area contributed by atoms with E-state index in [1.54, 1.807) is 10.7 Å². The van der Waals surface area contributed by atoms with Gasteiger partial charge in [0.2, 0.25) is 0 Å². The molecule has 0 bridgehead atoms. The minimum atomic E-state index is -0.428. The second-order valence-electron chi connectivity index (χ2n) is 4.51. The van der Waals surface area contributed by atoms with Crippen molar-refractivity contribution < 1.29 is 4.39 Å². The van der Waals surface area contributed by atoms with Crippen LogP contribution in [0.25, 0.3) is 5.69 Å². The summed E-state index contributed by atoms with van der Waals surface area (Å²) in [6, 6.07) is 7.25. The summed E-state index contributed by atoms with van der Waals surface area (Å²) in [6.45, 7) is 0.758. The SMILES string of the molecule is Fc1cc(-n2ccc(CNC3CC3)n2)ccc1Cl. The highest BCUT2D eigenvalue weighted by Gasteiger charge is 2.20. The van der Waals surface area contributed by atoms with Crippen LogP contribution < -0.4 is 5.32 Å². The van der Waals surface area contributed by atoms with E-state index in [1.165, 1.54) is 25.0 Å². The molecule has 0 aliphatic heterocycles. The maximum absolute atomic E-state index is 13.3. The predicted molar refractivity (Wildman–Crippen MR) is 68.4 cm³/mol. The predicted octanol–water partition coefficient (Wildman–Crippen LogP) is 2.92. The van der Waals surface area contributed by atoms with E-state index in [-0.39, 0.29) is 5.02 Å². The lowest BCUT2D eigenvalue weighted by Gasteiger charge is -2.02. The fraction of sp³-hybridized carbons (Fsp3) is 0.308. The molecular weight excluding hydrogens is 253 g/mol. The molecule has 0 unspecified atom stereocenters. The monoisotopic (exact) mass is 265 g/mol. The average molecular weight is 266 g/mol. The molecule has 1 saturated carbocycles. The Balaban J connectivity index is 1.76. The van der Waals surface area contributed by atoms with Crippen LogP contribution in [0.5, 0.6) is 0 Å². The van der Waals surface area contributed by atoms with Crippen molar-refractivity contribution in [2.45, 2.75) is 25.4 Å². The molecular formula is C13H13ClFN3. The zero-order valence-electron chi connectivity index (χ0n) is 9.74. The summed E-state index contributed by atoms with van der Waals surface area (Å²) < 4.78 is 15.0. The van der Waals surface area contributed by atoms with E-state index in [9.17, 15) is 4.39 Å². The molecule has 94 valence electrons. The average Bonchev–Trinajstić information content (AvgIpc) is 3.08. The van der Waals surface area contributed by atoms with Crippen molar-refractivity contribution >= 4 is 11.6 Å². The largest absolute Gasteiger partial charge is 0.308 e. The Bertz CT molecular complexity index is 563. The van der Waals surface area contributed by atoms with Crippen LogP contribution in [0, 0.1) is 5.82 Å². The van der Waals surface area contributed by atoms with Gasteiger partial charge in [-0.15, -0.1) is 0 Å². The number of hydrogen-bond donors (Lipinski definition) is 1. The van der Waals surface area contributed by atoms with Gasteiger partial charge in [0.05, 0.1) is 16.4 Å². The highest BCUT2D eigenvalue weighted by atomic mass is 35.5. The third kappa shape index (κ3) is 2.54. The second kappa shape index (κ2) is 4.71. The van der Waals surface area contributed by atoms with E-state index < -0.39 is 5.82 Å². The van der Waals surface area contributed by atoms with Crippen molar-refractivity contribution in [3.63, 3.8) is 0 Å². The first-order valence-electron chi connectivity index (χ1n) is 5.96. The van der Waals surface area contributed by atoms with Gasteiger partial charge in [0.25, 0.3) is 0 Å². The van der Waals surface area contributed by atoms with Gasteiger partial charge in [0.15, 0.2) is 0 Å². The molecule has 3 nitrogen and oxygen atoms in total. The number of nitrogens with one attached hydrogen (secondary N) is 1. The lowest BCUT2D eigenvalue weighted by Crippen LogP contribution is -2.15. The molecule has 1 N–H and O–H groups in total. The van der Waals surface area contributed by atoms with Crippen LogP contribution in [0.1, 0.15) is 18.5 Å². The molecule has 0 amide bonds. The molecule has 5 heteroatoms. The van der Waals surface area contributed by atoms with Gasteiger partial charge in [-0.2, -0.15) is 5.10 Å². The Morgan fingerprint density at radius 1 is 1.39 bits per heavy atom. The van der Waals surface area contributed by atoms with Crippen molar-refractivity contribution in [1.82, 2.24) is 15.1 Å². The summed E-state index contributed by atoms with van der Waals surface area (Å²) in [7, 11) is 0. The second-order valence-corrected chi connectivity index (χ2v) is 4.91. The molecule has 18 heavy (non-hydrogen) atoms. The molecule has 1 fully saturated rings. The number of rotatable bonds is 4. The first kappa shape index (κ1) is 11.7. The molecule has 0 saturated heterocycles. The standard InChI is InChI=1S/C13H13ClFN3/c14-12-4-3-11(7-13(12)15)18-6-5-10(17-18)8-16-9-1-2-9/h3-7,9,16H,1-2,8H2. The topological polar surface area (TPSA) is 29.9 Å². The van der Waals surface area contributed by atoms with E-state index >= 15 is 0 Å². The molecule has 1 aliphatic carbocycles. The number of benzene rings is 1. The van der Waals surface area contributed by atoms with E-state index in [1.807, 2.05) is 12.3 Å². The van der Waals surface area contributed by atoms with Crippen LogP contribution in [0.2, 0.25) is 5.02 Å². The third-order valence-electron chi connectivity index (χ3n) is 2.96. The van der Waals surface area contributed by atoms with Crippen molar-refractivity contribution in [3.05, 3.63) is 47.0 Å². The van der Waals surface area contributed by atoms with Crippen molar-refractivity contribution in [2.24, 2.45) is 0 Å². The van der Waals surface area contributed by atoms with Crippen molar-refractivity contribution in [3.8, 4) is 5.69 Å². The maximum Gasteiger partial charge on any atom is 0.143 e. The van der Waals surface area contributed by atoms with Gasteiger partial charge in [-0.25, -0.2) is 9.07 Å². The van der Waals surface area contributed by atoms with Gasteiger partial charge >= 0.3 is 0 Å². The fourth-order valence-electron chi connectivity index (χ4n) is 1.76. The first-order valence-corrected chi connectivity index (χ1v) is 6.33. The van der Waals surface area contributed by atoms with E-state index in [0.717, 1.165) is 12.2 Å². The summed E-state index contributed by atoms with van der Waals surface area (Å²) in [5.41, 5.74) is 1.63. The zero-order chi connectivity index (χ0) is 12.5. The van der Waals surface area contributed by atoms with Crippen LogP contribution in [0.4, 0.5) is 4.39 Å². The highest BCUT2D eigenvalue weighted by Crippen LogP contribution is 2.20. The minimum absolute atomic E-state index is 0.126. The molecule has 0 spiro atoms. The molecule has 0 atom stereocenters. The minimum Gasteiger partial charge on any atom is -0.308 e. The lowest BCUT2D eigenvalue weighted by atomic mass is 10.3. The van der Waals surface area contributed by atoms with E-state index in [0.29, 0.717) is 11.7 Å². The van der Waals surface area contributed by atoms with Gasteiger partial charge in [0.1, 0.15) is 5.82 Å². The molecule has 1 heterocycles. The number of hydrogen-bond acceptors (Lipinski definition) is 2. The Hall–Kier alpha value is -1.39. The number of aromatic nitrogens is 2. The zero-order valence-corrected chi connectivity index (χ0v) is 10.5. The molecule has 1 aromatic heterocycles. The fourth-order valence-corrected chi connectivity index (χ4v) is 1.88. The number of nitrogens with zero attached hydrogens (tertiary/aromatic N) is 2. The molecule has 2 aromatic rings. The van der Waals surface area contributed by atoms with Crippen LogP contribution in [-0.4, -0.2) is 15.8 Å². The van der Waals surface area contributed by atoms with Gasteiger partial charge in [-0.1, -0.05) is 11.6 Å². The molecule has 0 radical (unpaired) electrons. The third-order valence-corrected chi connectivity index (χ3v) is 3.27. The summed E-state index contributed by atoms with van der Waals surface area (Å²) in [6.07, 6.45) is 4.33. The smallest absolute Gasteiger partial charge is 0.143 e. The quantitative estimate of drug-likeness (QED) is 0.921. The van der Waals surface area contributed by atoms with Crippen LogP contribution in [0.15, 0.2) is 30.5 Å². The van der Waals surface area contributed by atoms with Crippen LogP contribution in [0.3, 0.4) is 0 Å². The maximum atomic E-state index is 13.3. The Morgan fingerprint density at radius 3 is 2.94 bits per heavy atom. The number of halogens is 2. The summed E-state index contributed by atoms with van der Waals surface area (Å²) in [5.74, 6) is -0.428. The van der Waals surface area contributed by atoms with E-state index in [4.69, 9.17) is 11.6 Å². The van der Waals surface area contributed by atoms with Gasteiger partial charge in [-0.05, 0) is 31.0 Å². The molecule has 1 aliphatic rings. The first-order chi connectivity index (χ1) is 8.72. The molecule has 3 rings (SSSR count). The Labute approximate surface area is 110 Å². The van der Waals surface area contributed by atoms with Gasteiger partial charge in [-0.3, -0.25) is 0 Å². The van der Waals surface area contributed by atoms with Crippen molar-refractivity contribution in [1.29, 1.82) is 0 Å². The highest BCUT2D eigenvalue weighted by molar-refractivity contribution is 6.30. The van der Waals surface area contributed by atoms with Gasteiger partial charge in [0, 0.05) is 24.8 Å². The van der Waals surface area contributed by atoms with Crippen molar-refractivity contribution in [2.75, 3.05) is 0 Å². The summed E-state index contributed by atoms with van der Waals surface area (Å²) in [4.78, 5) is 0. The summed E-state index contributed by atoms with van der Waals surface area (Å²) in [5, 5.41) is 7.91. The van der Waals surface area contributed by atoms with E-state index in [2.05, 4.69) is 10.4 Å².